The van der Waals surface area contributed by atoms with Crippen LogP contribution < -0.4 is 9.64 Å². The van der Waals surface area contributed by atoms with E-state index >= 15 is 0 Å². The van der Waals surface area contributed by atoms with Crippen LogP contribution in [0.3, 0.4) is 0 Å². The lowest BCUT2D eigenvalue weighted by Gasteiger charge is -2.20. The summed E-state index contributed by atoms with van der Waals surface area (Å²) in [5, 5.41) is 9.58. The summed E-state index contributed by atoms with van der Waals surface area (Å²) in [4.78, 5) is 14.8. The Hall–Kier alpha value is -3.58. The van der Waals surface area contributed by atoms with E-state index in [1.54, 1.807) is 12.0 Å². The molecule has 4 rings (SSSR count). The van der Waals surface area contributed by atoms with Gasteiger partial charge in [-0.3, -0.25) is 9.36 Å². The average molecular weight is 459 g/mol. The maximum absolute atomic E-state index is 13.0. The van der Waals surface area contributed by atoms with Crippen molar-refractivity contribution < 1.29 is 9.53 Å². The second-order valence-corrected chi connectivity index (χ2v) is 8.38. The van der Waals surface area contributed by atoms with Crippen molar-refractivity contribution in [2.45, 2.75) is 19.0 Å². The Morgan fingerprint density at radius 1 is 0.970 bits per heavy atom. The molecule has 0 saturated heterocycles. The topological polar surface area (TPSA) is 60.3 Å². The van der Waals surface area contributed by atoms with Gasteiger partial charge in [0.05, 0.1) is 18.4 Å². The zero-order valence-corrected chi connectivity index (χ0v) is 19.7. The van der Waals surface area contributed by atoms with Crippen molar-refractivity contribution in [2.75, 3.05) is 24.3 Å². The molecular formula is C26H26N4O2S. The highest BCUT2D eigenvalue weighted by Crippen LogP contribution is 2.33. The van der Waals surface area contributed by atoms with Crippen molar-refractivity contribution in [2.24, 2.45) is 0 Å². The van der Waals surface area contributed by atoms with Gasteiger partial charge in [-0.2, -0.15) is 0 Å². The Balaban J connectivity index is 1.68. The Bertz CT molecular complexity index is 1220. The number of rotatable bonds is 8. The smallest absolute Gasteiger partial charge is 0.237 e. The molecule has 168 valence electrons. The van der Waals surface area contributed by atoms with Crippen molar-refractivity contribution in [3.63, 3.8) is 0 Å². The number of methoxy groups -OCH3 is 1. The van der Waals surface area contributed by atoms with Crippen molar-refractivity contribution in [3.05, 3.63) is 84.4 Å². The maximum Gasteiger partial charge on any atom is 0.237 e. The summed E-state index contributed by atoms with van der Waals surface area (Å²) in [5.74, 6) is 1.65. The Morgan fingerprint density at radius 3 is 2.36 bits per heavy atom. The van der Waals surface area contributed by atoms with Crippen LogP contribution in [-0.4, -0.2) is 40.1 Å². The fraction of sp³-hybridized carbons (Fsp3) is 0.192. The summed E-state index contributed by atoms with van der Waals surface area (Å²) >= 11 is 1.38. The highest BCUT2D eigenvalue weighted by molar-refractivity contribution is 7.99. The number of aryl methyl sites for hydroxylation is 1. The molecule has 1 amide bonds. The fourth-order valence-electron chi connectivity index (χ4n) is 3.61. The van der Waals surface area contributed by atoms with Crippen molar-refractivity contribution >= 4 is 23.4 Å². The molecule has 1 heterocycles. The molecule has 1 aromatic heterocycles. The van der Waals surface area contributed by atoms with Gasteiger partial charge in [0.2, 0.25) is 5.91 Å². The summed E-state index contributed by atoms with van der Waals surface area (Å²) < 4.78 is 7.54. The van der Waals surface area contributed by atoms with Crippen LogP contribution in [0.25, 0.3) is 17.1 Å². The van der Waals surface area contributed by atoms with Gasteiger partial charge < -0.3 is 9.64 Å². The monoisotopic (exact) mass is 458 g/mol. The molecule has 6 nitrogen and oxygen atoms in total. The first-order valence-corrected chi connectivity index (χ1v) is 11.7. The molecule has 0 atom stereocenters. The minimum atomic E-state index is 0.0194. The first-order chi connectivity index (χ1) is 16.1. The number of anilines is 1. The minimum absolute atomic E-state index is 0.0194. The number of para-hydroxylation sites is 2. The molecule has 0 radical (unpaired) electrons. The van der Waals surface area contributed by atoms with Gasteiger partial charge in [-0.25, -0.2) is 0 Å². The number of benzene rings is 3. The molecule has 0 fully saturated rings. The number of hydrogen-bond acceptors (Lipinski definition) is 5. The maximum atomic E-state index is 13.0. The molecule has 33 heavy (non-hydrogen) atoms. The number of amides is 1. The van der Waals surface area contributed by atoms with Crippen molar-refractivity contribution in [3.8, 4) is 22.8 Å². The van der Waals surface area contributed by atoms with Gasteiger partial charge in [0, 0.05) is 17.9 Å². The zero-order valence-electron chi connectivity index (χ0n) is 18.9. The highest BCUT2D eigenvalue weighted by atomic mass is 32.2. The Labute approximate surface area is 198 Å². The van der Waals surface area contributed by atoms with E-state index in [-0.39, 0.29) is 11.7 Å². The third-order valence-electron chi connectivity index (χ3n) is 5.28. The normalized spacial score (nSPS) is 10.8. The number of carbonyl (C=O) groups excluding carboxylic acids is 1. The summed E-state index contributed by atoms with van der Waals surface area (Å²) in [7, 11) is 1.64. The number of aromatic nitrogens is 3. The lowest BCUT2D eigenvalue weighted by molar-refractivity contribution is -0.116. The average Bonchev–Trinajstić information content (AvgIpc) is 3.28. The van der Waals surface area contributed by atoms with E-state index in [4.69, 9.17) is 4.74 Å². The van der Waals surface area contributed by atoms with Crippen LogP contribution in [0.2, 0.25) is 0 Å². The molecule has 0 spiro atoms. The van der Waals surface area contributed by atoms with Crippen LogP contribution in [0, 0.1) is 6.92 Å². The predicted octanol–water partition coefficient (Wildman–Crippen LogP) is 5.40. The van der Waals surface area contributed by atoms with Crippen LogP contribution in [0.1, 0.15) is 12.5 Å². The van der Waals surface area contributed by atoms with Crippen LogP contribution in [0.4, 0.5) is 5.69 Å². The molecule has 0 N–H and O–H groups in total. The molecule has 0 aliphatic rings. The number of hydrogen-bond donors (Lipinski definition) is 0. The van der Waals surface area contributed by atoms with Gasteiger partial charge in [0.25, 0.3) is 0 Å². The fourth-order valence-corrected chi connectivity index (χ4v) is 4.44. The molecule has 7 heteroatoms. The Morgan fingerprint density at radius 2 is 1.67 bits per heavy atom. The quantitative estimate of drug-likeness (QED) is 0.331. The molecule has 0 saturated carbocycles. The van der Waals surface area contributed by atoms with Gasteiger partial charge >= 0.3 is 0 Å². The summed E-state index contributed by atoms with van der Waals surface area (Å²) in [6.07, 6.45) is 0. The largest absolute Gasteiger partial charge is 0.496 e. The lowest BCUT2D eigenvalue weighted by Crippen LogP contribution is -2.32. The summed E-state index contributed by atoms with van der Waals surface area (Å²) in [6.45, 7) is 4.62. The highest BCUT2D eigenvalue weighted by Gasteiger charge is 2.21. The van der Waals surface area contributed by atoms with E-state index in [9.17, 15) is 4.79 Å². The molecule has 0 aliphatic heterocycles. The van der Waals surface area contributed by atoms with Gasteiger partial charge in [-0.05, 0) is 50.2 Å². The SMILES string of the molecule is CCN(C(=O)CSc1nnc(-c2ccccc2OC)n1-c1ccc(C)cc1)c1ccccc1. The number of nitrogens with zero attached hydrogens (tertiary/aromatic N) is 4. The standard InChI is InChI=1S/C26H26N4O2S/c1-4-29(20-10-6-5-7-11-20)24(31)18-33-26-28-27-25(22-12-8-9-13-23(22)32-3)30(26)21-16-14-19(2)15-17-21/h5-17H,4,18H2,1-3H3. The first-order valence-electron chi connectivity index (χ1n) is 10.8. The molecule has 4 aromatic rings. The van der Waals surface area contributed by atoms with Gasteiger partial charge in [-0.15, -0.1) is 10.2 Å². The zero-order chi connectivity index (χ0) is 23.2. The van der Waals surface area contributed by atoms with Crippen LogP contribution in [-0.2, 0) is 4.79 Å². The first kappa shape index (κ1) is 22.6. The van der Waals surface area contributed by atoms with E-state index in [2.05, 4.69) is 22.3 Å². The van der Waals surface area contributed by atoms with Gasteiger partial charge in [0.1, 0.15) is 5.75 Å². The van der Waals surface area contributed by atoms with E-state index in [1.807, 2.05) is 85.1 Å². The molecule has 0 bridgehead atoms. The predicted molar refractivity (Wildman–Crippen MR) is 133 cm³/mol. The van der Waals surface area contributed by atoms with E-state index in [0.717, 1.165) is 22.5 Å². The number of ether oxygens (including phenoxy) is 1. The Kier molecular flexibility index (Phi) is 7.10. The molecule has 0 unspecified atom stereocenters. The van der Waals surface area contributed by atoms with Crippen molar-refractivity contribution in [1.82, 2.24) is 14.8 Å². The van der Waals surface area contributed by atoms with Crippen molar-refractivity contribution in [1.29, 1.82) is 0 Å². The molecular weight excluding hydrogens is 432 g/mol. The summed E-state index contributed by atoms with van der Waals surface area (Å²) in [5.41, 5.74) is 3.82. The number of thioether (sulfide) groups is 1. The van der Waals surface area contributed by atoms with Crippen LogP contribution >= 0.6 is 11.8 Å². The second kappa shape index (κ2) is 10.4. The van der Waals surface area contributed by atoms with Crippen LogP contribution in [0.15, 0.2) is 84.0 Å². The van der Waals surface area contributed by atoms with Gasteiger partial charge in [-0.1, -0.05) is 59.8 Å². The third-order valence-corrected chi connectivity index (χ3v) is 6.20. The van der Waals surface area contributed by atoms with E-state index in [1.165, 1.54) is 11.8 Å². The van der Waals surface area contributed by atoms with Crippen LogP contribution in [0.5, 0.6) is 5.75 Å². The third kappa shape index (κ3) is 4.93. The van der Waals surface area contributed by atoms with E-state index in [0.29, 0.717) is 23.3 Å². The minimum Gasteiger partial charge on any atom is -0.496 e. The number of carbonyl (C=O) groups is 1. The van der Waals surface area contributed by atoms with E-state index < -0.39 is 0 Å². The molecule has 3 aromatic carbocycles. The summed E-state index contributed by atoms with van der Waals surface area (Å²) in [6, 6.07) is 25.6. The molecule has 0 aliphatic carbocycles. The van der Waals surface area contributed by atoms with Gasteiger partial charge in [0.15, 0.2) is 11.0 Å². The second-order valence-electron chi connectivity index (χ2n) is 7.44. The lowest BCUT2D eigenvalue weighted by atomic mass is 10.1.